The molecule has 1 saturated carbocycles. The topological polar surface area (TPSA) is 54.0 Å². The van der Waals surface area contributed by atoms with Crippen LogP contribution in [-0.2, 0) is 13.1 Å². The van der Waals surface area contributed by atoms with Gasteiger partial charge in [0.2, 0.25) is 0 Å². The molecular weight excluding hydrogens is 300 g/mol. The molecule has 1 N–H and O–H groups in total. The van der Waals surface area contributed by atoms with Crippen molar-refractivity contribution >= 4 is 10.9 Å². The number of hydrogen-bond acceptors (Lipinski definition) is 4. The average Bonchev–Trinajstić information content (AvgIpc) is 3.34. The lowest BCUT2D eigenvalue weighted by atomic mass is 10.2. The smallest absolute Gasteiger partial charge is 0.145 e. The highest BCUT2D eigenvalue weighted by molar-refractivity contribution is 5.84. The van der Waals surface area contributed by atoms with E-state index in [4.69, 9.17) is 9.72 Å². The number of methoxy groups -OCH3 is 1. The van der Waals surface area contributed by atoms with E-state index in [1.165, 1.54) is 18.5 Å². The third kappa shape index (κ3) is 3.12. The minimum absolute atomic E-state index is 0.690. The van der Waals surface area contributed by atoms with Crippen molar-refractivity contribution in [3.63, 3.8) is 0 Å². The molecule has 1 aromatic carbocycles. The van der Waals surface area contributed by atoms with Crippen molar-refractivity contribution in [3.8, 4) is 5.75 Å². The Bertz CT molecular complexity index is 853. The molecule has 1 fully saturated rings. The molecule has 5 heteroatoms. The fourth-order valence-corrected chi connectivity index (χ4v) is 3.08. The van der Waals surface area contributed by atoms with Gasteiger partial charge >= 0.3 is 0 Å². The van der Waals surface area contributed by atoms with Crippen LogP contribution in [0.3, 0.4) is 0 Å². The molecule has 124 valence electrons. The minimum atomic E-state index is 0.690. The number of nitrogens with zero attached hydrogens (tertiary/aromatic N) is 3. The number of H-pyrrole nitrogens is 1. The van der Waals surface area contributed by atoms with E-state index in [9.17, 15) is 0 Å². The largest absolute Gasteiger partial charge is 0.494 e. The van der Waals surface area contributed by atoms with Crippen LogP contribution in [0.15, 0.2) is 36.4 Å². The zero-order valence-corrected chi connectivity index (χ0v) is 14.1. The monoisotopic (exact) mass is 322 g/mol. The molecule has 0 saturated heterocycles. The molecule has 0 radical (unpaired) electrons. The summed E-state index contributed by atoms with van der Waals surface area (Å²) in [6.07, 6.45) is 2.56. The quantitative estimate of drug-likeness (QED) is 0.755. The summed E-state index contributed by atoms with van der Waals surface area (Å²) in [7, 11) is 3.79. The van der Waals surface area contributed by atoms with E-state index < -0.39 is 0 Å². The average molecular weight is 322 g/mol. The molecule has 2 heterocycles. The lowest BCUT2D eigenvalue weighted by molar-refractivity contribution is 0.311. The Labute approximate surface area is 141 Å². The van der Waals surface area contributed by atoms with Gasteiger partial charge < -0.3 is 4.74 Å². The van der Waals surface area contributed by atoms with Crippen molar-refractivity contribution in [1.29, 1.82) is 0 Å². The molecule has 0 aliphatic heterocycles. The molecule has 0 bridgehead atoms. The zero-order chi connectivity index (χ0) is 16.5. The van der Waals surface area contributed by atoms with E-state index in [1.807, 2.05) is 12.1 Å². The third-order valence-electron chi connectivity index (χ3n) is 4.48. The number of pyridine rings is 1. The molecule has 0 atom stereocenters. The highest BCUT2D eigenvalue weighted by Gasteiger charge is 2.26. The van der Waals surface area contributed by atoms with E-state index in [0.29, 0.717) is 5.92 Å². The molecule has 1 aliphatic carbocycles. The van der Waals surface area contributed by atoms with Gasteiger partial charge in [-0.05, 0) is 38.1 Å². The van der Waals surface area contributed by atoms with Crippen LogP contribution in [-0.4, -0.2) is 34.2 Å². The van der Waals surface area contributed by atoms with Crippen LogP contribution in [0.1, 0.15) is 35.8 Å². The van der Waals surface area contributed by atoms with Gasteiger partial charge in [0.15, 0.2) is 0 Å². The molecule has 1 aliphatic rings. The van der Waals surface area contributed by atoms with Gasteiger partial charge in [-0.1, -0.05) is 18.2 Å². The molecule has 5 nitrogen and oxygen atoms in total. The van der Waals surface area contributed by atoms with E-state index >= 15 is 0 Å². The lowest BCUT2D eigenvalue weighted by Crippen LogP contribution is -2.18. The van der Waals surface area contributed by atoms with Crippen LogP contribution < -0.4 is 4.74 Å². The summed E-state index contributed by atoms with van der Waals surface area (Å²) in [4.78, 5) is 7.02. The highest BCUT2D eigenvalue weighted by Crippen LogP contribution is 2.39. The maximum absolute atomic E-state index is 5.42. The number of hydrogen-bond donors (Lipinski definition) is 1. The Morgan fingerprint density at radius 3 is 2.88 bits per heavy atom. The van der Waals surface area contributed by atoms with Gasteiger partial charge in [-0.3, -0.25) is 10.00 Å². The normalized spacial score (nSPS) is 14.5. The number of rotatable bonds is 6. The van der Waals surface area contributed by atoms with Crippen molar-refractivity contribution in [1.82, 2.24) is 20.1 Å². The Kier molecular flexibility index (Phi) is 3.94. The van der Waals surface area contributed by atoms with Crippen molar-refractivity contribution in [3.05, 3.63) is 53.5 Å². The van der Waals surface area contributed by atoms with E-state index in [0.717, 1.165) is 41.1 Å². The molecule has 0 amide bonds. The Hall–Kier alpha value is -2.40. The van der Waals surface area contributed by atoms with Crippen molar-refractivity contribution < 1.29 is 4.74 Å². The Morgan fingerprint density at radius 1 is 1.21 bits per heavy atom. The summed E-state index contributed by atoms with van der Waals surface area (Å²) >= 11 is 0. The van der Waals surface area contributed by atoms with Gasteiger partial charge in [-0.25, -0.2) is 4.98 Å². The van der Waals surface area contributed by atoms with Crippen LogP contribution in [0.4, 0.5) is 0 Å². The number of benzene rings is 1. The number of para-hydroxylation sites is 1. The minimum Gasteiger partial charge on any atom is -0.494 e. The summed E-state index contributed by atoms with van der Waals surface area (Å²) in [5, 5.41) is 8.68. The van der Waals surface area contributed by atoms with E-state index in [2.05, 4.69) is 46.4 Å². The van der Waals surface area contributed by atoms with Crippen LogP contribution in [0, 0.1) is 0 Å². The molecule has 24 heavy (non-hydrogen) atoms. The lowest BCUT2D eigenvalue weighted by Gasteiger charge is -2.15. The van der Waals surface area contributed by atoms with E-state index in [-0.39, 0.29) is 0 Å². The first-order chi connectivity index (χ1) is 11.7. The second kappa shape index (κ2) is 6.24. The summed E-state index contributed by atoms with van der Waals surface area (Å²) in [5.41, 5.74) is 4.34. The summed E-state index contributed by atoms with van der Waals surface area (Å²) in [6, 6.07) is 12.4. The summed E-state index contributed by atoms with van der Waals surface area (Å²) < 4.78 is 5.42. The predicted molar refractivity (Wildman–Crippen MR) is 94.0 cm³/mol. The van der Waals surface area contributed by atoms with Crippen LogP contribution in [0.5, 0.6) is 5.75 Å². The Balaban J connectivity index is 1.48. The molecule has 0 spiro atoms. The maximum Gasteiger partial charge on any atom is 0.145 e. The van der Waals surface area contributed by atoms with Gasteiger partial charge in [0.05, 0.1) is 18.5 Å². The molecule has 2 aromatic heterocycles. The fourth-order valence-electron chi connectivity index (χ4n) is 3.08. The number of aromatic nitrogens is 3. The Morgan fingerprint density at radius 2 is 2.08 bits per heavy atom. The van der Waals surface area contributed by atoms with Crippen molar-refractivity contribution in [2.45, 2.75) is 31.8 Å². The van der Waals surface area contributed by atoms with Crippen LogP contribution in [0.25, 0.3) is 10.9 Å². The fraction of sp³-hybridized carbons (Fsp3) is 0.368. The first kappa shape index (κ1) is 15.1. The zero-order valence-electron chi connectivity index (χ0n) is 14.1. The maximum atomic E-state index is 5.42. The van der Waals surface area contributed by atoms with Gasteiger partial charge in [0.25, 0.3) is 0 Å². The van der Waals surface area contributed by atoms with E-state index in [1.54, 1.807) is 7.11 Å². The summed E-state index contributed by atoms with van der Waals surface area (Å²) in [6.45, 7) is 1.62. The number of aromatic amines is 1. The molecule has 4 rings (SSSR count). The van der Waals surface area contributed by atoms with Crippen molar-refractivity contribution in [2.75, 3.05) is 14.2 Å². The van der Waals surface area contributed by atoms with Gasteiger partial charge in [0, 0.05) is 30.1 Å². The number of fused-ring (bicyclic) bond motifs is 1. The standard InChI is InChI=1S/C19H22N4O/c1-23(12-16-10-17(22-21-16)13-6-7-13)11-15-9-8-14-4-3-5-18(24-2)19(14)20-15/h3-5,8-10,13H,6-7,11-12H2,1-2H3,(H,21,22). The van der Waals surface area contributed by atoms with Crippen LogP contribution >= 0.6 is 0 Å². The number of nitrogens with one attached hydrogen (secondary N) is 1. The first-order valence-corrected chi connectivity index (χ1v) is 8.38. The molecule has 3 aromatic rings. The predicted octanol–water partition coefficient (Wildman–Crippen LogP) is 3.48. The third-order valence-corrected chi connectivity index (χ3v) is 4.48. The second-order valence-electron chi connectivity index (χ2n) is 6.60. The van der Waals surface area contributed by atoms with Gasteiger partial charge in [-0.2, -0.15) is 5.10 Å². The van der Waals surface area contributed by atoms with Gasteiger partial charge in [0.1, 0.15) is 11.3 Å². The molecule has 0 unspecified atom stereocenters. The summed E-state index contributed by atoms with van der Waals surface area (Å²) in [5.74, 6) is 1.51. The highest BCUT2D eigenvalue weighted by atomic mass is 16.5. The van der Waals surface area contributed by atoms with Gasteiger partial charge in [-0.15, -0.1) is 0 Å². The van der Waals surface area contributed by atoms with Crippen LogP contribution in [0.2, 0.25) is 0 Å². The SMILES string of the molecule is COc1cccc2ccc(CN(C)Cc3cc(C4CC4)n[nH]3)nc12. The first-order valence-electron chi connectivity index (χ1n) is 8.38. The van der Waals surface area contributed by atoms with Crippen molar-refractivity contribution in [2.24, 2.45) is 0 Å². The molecular formula is C19H22N4O. The number of ether oxygens (including phenoxy) is 1. The second-order valence-corrected chi connectivity index (χ2v) is 6.60.